The number of fused-ring (bicyclic) bond motifs is 3. The predicted octanol–water partition coefficient (Wildman–Crippen LogP) is 2.64. The van der Waals surface area contributed by atoms with Gasteiger partial charge in [-0.1, -0.05) is 19.9 Å². The number of benzene rings is 1. The van der Waals surface area contributed by atoms with Gasteiger partial charge in [-0.3, -0.25) is 9.78 Å². The summed E-state index contributed by atoms with van der Waals surface area (Å²) in [5, 5.41) is 11.7. The van der Waals surface area contributed by atoms with Crippen molar-refractivity contribution in [3.63, 3.8) is 0 Å². The van der Waals surface area contributed by atoms with Crippen LogP contribution < -0.4 is 16.0 Å². The topological polar surface area (TPSA) is 90.4 Å². The van der Waals surface area contributed by atoms with Gasteiger partial charge in [0.25, 0.3) is 5.56 Å². The largest absolute Gasteiger partial charge is 0.490 e. The molecule has 0 aliphatic rings. The quantitative estimate of drug-likeness (QED) is 0.652. The molecule has 27 heavy (non-hydrogen) atoms. The summed E-state index contributed by atoms with van der Waals surface area (Å²) in [6.45, 7) is 6.35. The van der Waals surface area contributed by atoms with Crippen LogP contribution in [0.1, 0.15) is 31.5 Å². The number of nitrogens with zero attached hydrogens (tertiary/aromatic N) is 2. The third-order valence-corrected chi connectivity index (χ3v) is 4.85. The minimum atomic E-state index is -0.115. The zero-order chi connectivity index (χ0) is 19.7. The molecule has 0 saturated heterocycles. The Bertz CT molecular complexity index is 1040. The van der Waals surface area contributed by atoms with E-state index in [0.29, 0.717) is 29.4 Å². The van der Waals surface area contributed by atoms with Crippen LogP contribution in [0.15, 0.2) is 29.2 Å². The Morgan fingerprint density at radius 3 is 2.70 bits per heavy atom. The molecule has 0 aliphatic heterocycles. The molecular weight excluding hydrogens is 342 g/mol. The second-order valence-corrected chi connectivity index (χ2v) is 7.53. The predicted molar refractivity (Wildman–Crippen MR) is 108 cm³/mol. The number of pyridine rings is 2. The van der Waals surface area contributed by atoms with Crippen molar-refractivity contribution in [1.29, 1.82) is 0 Å². The summed E-state index contributed by atoms with van der Waals surface area (Å²) in [5.74, 6) is 1.03. The number of aryl methyl sites for hydroxylation is 2. The summed E-state index contributed by atoms with van der Waals surface area (Å²) in [4.78, 5) is 17.3. The maximum atomic E-state index is 12.9. The van der Waals surface area contributed by atoms with Gasteiger partial charge in [0.2, 0.25) is 0 Å². The first-order valence-corrected chi connectivity index (χ1v) is 9.23. The summed E-state index contributed by atoms with van der Waals surface area (Å²) >= 11 is 0. The molecule has 1 unspecified atom stereocenters. The highest BCUT2D eigenvalue weighted by Crippen LogP contribution is 2.32. The Balaban J connectivity index is 2.23. The molecule has 0 fully saturated rings. The summed E-state index contributed by atoms with van der Waals surface area (Å²) in [5.41, 5.74) is 8.26. The molecule has 0 saturated carbocycles. The van der Waals surface area contributed by atoms with Crippen LogP contribution in [-0.4, -0.2) is 27.3 Å². The van der Waals surface area contributed by atoms with E-state index in [1.165, 1.54) is 0 Å². The van der Waals surface area contributed by atoms with Crippen molar-refractivity contribution in [2.45, 2.75) is 39.8 Å². The molecule has 0 amide bonds. The van der Waals surface area contributed by atoms with Crippen LogP contribution in [0.3, 0.4) is 0 Å². The summed E-state index contributed by atoms with van der Waals surface area (Å²) in [6.07, 6.45) is 2.51. The van der Waals surface area contributed by atoms with Gasteiger partial charge in [0.05, 0.1) is 29.4 Å². The Kier molecular flexibility index (Phi) is 5.48. The second kappa shape index (κ2) is 7.66. The molecule has 1 aromatic carbocycles. The number of hydrogen-bond donors (Lipinski definition) is 2. The van der Waals surface area contributed by atoms with Crippen LogP contribution >= 0.6 is 0 Å². The molecule has 1 atom stereocenters. The molecule has 0 bridgehead atoms. The zero-order valence-electron chi connectivity index (χ0n) is 16.3. The van der Waals surface area contributed by atoms with Crippen molar-refractivity contribution in [3.8, 4) is 5.75 Å². The van der Waals surface area contributed by atoms with Crippen LogP contribution in [0.25, 0.3) is 21.7 Å². The molecule has 3 N–H and O–H groups in total. The molecule has 0 aliphatic carbocycles. The number of rotatable bonds is 6. The highest BCUT2D eigenvalue weighted by molar-refractivity contribution is 6.09. The first-order valence-electron chi connectivity index (χ1n) is 9.23. The van der Waals surface area contributed by atoms with Gasteiger partial charge in [-0.25, -0.2) is 0 Å². The Labute approximate surface area is 158 Å². The van der Waals surface area contributed by atoms with E-state index in [1.54, 1.807) is 17.8 Å². The Morgan fingerprint density at radius 2 is 2.04 bits per heavy atom. The molecule has 144 valence electrons. The molecule has 2 aromatic heterocycles. The number of aromatic nitrogens is 2. The smallest absolute Gasteiger partial charge is 0.260 e. The van der Waals surface area contributed by atoms with Gasteiger partial charge in [0, 0.05) is 23.9 Å². The number of hydrogen-bond acceptors (Lipinski definition) is 5. The first kappa shape index (κ1) is 19.3. The van der Waals surface area contributed by atoms with E-state index in [9.17, 15) is 9.90 Å². The van der Waals surface area contributed by atoms with E-state index in [-0.39, 0.29) is 18.2 Å². The maximum Gasteiger partial charge on any atom is 0.260 e. The highest BCUT2D eigenvalue weighted by Gasteiger charge is 2.17. The van der Waals surface area contributed by atoms with Crippen molar-refractivity contribution >= 4 is 21.7 Å². The average Bonchev–Trinajstić information content (AvgIpc) is 2.63. The first-order chi connectivity index (χ1) is 12.8. The second-order valence-electron chi connectivity index (χ2n) is 7.53. The lowest BCUT2D eigenvalue weighted by molar-refractivity contribution is 0.273. The molecule has 3 rings (SSSR count). The van der Waals surface area contributed by atoms with Gasteiger partial charge in [0.15, 0.2) is 0 Å². The number of aliphatic hydroxyl groups excluding tert-OH is 1. The van der Waals surface area contributed by atoms with Gasteiger partial charge in [-0.2, -0.15) is 0 Å². The summed E-state index contributed by atoms with van der Waals surface area (Å²) in [6, 6.07) is 5.48. The minimum Gasteiger partial charge on any atom is -0.490 e. The van der Waals surface area contributed by atoms with Crippen molar-refractivity contribution in [2.75, 3.05) is 6.61 Å². The van der Waals surface area contributed by atoms with E-state index in [1.807, 2.05) is 25.1 Å². The van der Waals surface area contributed by atoms with Crippen LogP contribution in [0.2, 0.25) is 0 Å². The zero-order valence-corrected chi connectivity index (χ0v) is 16.3. The molecule has 3 aromatic rings. The minimum absolute atomic E-state index is 0.0697. The van der Waals surface area contributed by atoms with Crippen LogP contribution in [0.5, 0.6) is 5.75 Å². The number of aliphatic hydroxyl groups is 1. The van der Waals surface area contributed by atoms with Gasteiger partial charge >= 0.3 is 0 Å². The Morgan fingerprint density at radius 1 is 1.30 bits per heavy atom. The lowest BCUT2D eigenvalue weighted by Crippen LogP contribution is -2.29. The molecule has 0 radical (unpaired) electrons. The van der Waals surface area contributed by atoms with Crippen molar-refractivity contribution in [1.82, 2.24) is 9.55 Å². The molecule has 6 heteroatoms. The van der Waals surface area contributed by atoms with E-state index in [4.69, 9.17) is 10.5 Å². The Hall–Kier alpha value is -2.44. The summed E-state index contributed by atoms with van der Waals surface area (Å²) in [7, 11) is 1.74. The SMILES string of the molecule is Cc1ncc(OCC(N)CC(C)C)c2c1c(=O)n(C)c1ccc(CO)cc21. The van der Waals surface area contributed by atoms with Crippen molar-refractivity contribution in [2.24, 2.45) is 18.7 Å². The van der Waals surface area contributed by atoms with E-state index < -0.39 is 0 Å². The molecule has 0 spiro atoms. The molecule has 6 nitrogen and oxygen atoms in total. The van der Waals surface area contributed by atoms with Gasteiger partial charge in [0.1, 0.15) is 12.4 Å². The lowest BCUT2D eigenvalue weighted by Gasteiger charge is -2.18. The normalized spacial score (nSPS) is 12.9. The van der Waals surface area contributed by atoms with Gasteiger partial charge < -0.3 is 20.1 Å². The van der Waals surface area contributed by atoms with E-state index >= 15 is 0 Å². The van der Waals surface area contributed by atoms with E-state index in [2.05, 4.69) is 18.8 Å². The maximum absolute atomic E-state index is 12.9. The van der Waals surface area contributed by atoms with Gasteiger partial charge in [-0.05, 0) is 37.0 Å². The fraction of sp³-hybridized carbons (Fsp3) is 0.429. The molecular formula is C21H27N3O3. The molecule has 2 heterocycles. The monoisotopic (exact) mass is 369 g/mol. The highest BCUT2D eigenvalue weighted by atomic mass is 16.5. The van der Waals surface area contributed by atoms with Crippen LogP contribution in [-0.2, 0) is 13.7 Å². The average molecular weight is 369 g/mol. The van der Waals surface area contributed by atoms with Gasteiger partial charge in [-0.15, -0.1) is 0 Å². The lowest BCUT2D eigenvalue weighted by atomic mass is 10.0. The fourth-order valence-corrected chi connectivity index (χ4v) is 3.55. The van der Waals surface area contributed by atoms with Crippen LogP contribution in [0, 0.1) is 12.8 Å². The number of nitrogens with two attached hydrogens (primary N) is 1. The van der Waals surface area contributed by atoms with E-state index in [0.717, 1.165) is 28.3 Å². The van der Waals surface area contributed by atoms with Crippen molar-refractivity contribution in [3.05, 3.63) is 46.0 Å². The fourth-order valence-electron chi connectivity index (χ4n) is 3.55. The van der Waals surface area contributed by atoms with Crippen LogP contribution in [0.4, 0.5) is 0 Å². The third-order valence-electron chi connectivity index (χ3n) is 4.85. The third kappa shape index (κ3) is 3.68. The summed E-state index contributed by atoms with van der Waals surface area (Å²) < 4.78 is 7.63. The van der Waals surface area contributed by atoms with Crippen molar-refractivity contribution < 1.29 is 9.84 Å². The standard InChI is InChI=1S/C21H27N3O3/c1-12(2)7-15(22)11-27-18-9-23-13(3)19-20(18)16-8-14(10-25)5-6-17(16)24(4)21(19)26/h5-6,8-9,12,15,25H,7,10-11,22H2,1-4H3. The number of ether oxygens (including phenoxy) is 1.